The minimum atomic E-state index is -0.378. The number of hydrogen-bond acceptors (Lipinski definition) is 3. The van der Waals surface area contributed by atoms with Gasteiger partial charge in [0.2, 0.25) is 0 Å². The van der Waals surface area contributed by atoms with Gasteiger partial charge in [-0.15, -0.1) is 11.3 Å². The van der Waals surface area contributed by atoms with Crippen molar-refractivity contribution in [1.29, 1.82) is 0 Å². The van der Waals surface area contributed by atoms with E-state index in [1.165, 1.54) is 0 Å². The molecule has 0 fully saturated rings. The average molecular weight is 169 g/mol. The molecule has 1 N–H and O–H groups in total. The van der Waals surface area contributed by atoms with Gasteiger partial charge in [-0.05, 0) is 25.5 Å². The van der Waals surface area contributed by atoms with Crippen molar-refractivity contribution in [2.45, 2.75) is 20.0 Å². The van der Waals surface area contributed by atoms with Crippen LogP contribution in [-0.4, -0.2) is 16.2 Å². The molecular formula is C8H11NOS. The molecular weight excluding hydrogens is 158 g/mol. The van der Waals surface area contributed by atoms with E-state index in [0.29, 0.717) is 0 Å². The molecule has 1 aromatic rings. The molecule has 1 unspecified atom stereocenters. The first-order valence-corrected chi connectivity index (χ1v) is 4.39. The number of hydrogen-bond donors (Lipinski definition) is 1. The van der Waals surface area contributed by atoms with Crippen molar-refractivity contribution < 1.29 is 5.11 Å². The van der Waals surface area contributed by atoms with Crippen molar-refractivity contribution in [1.82, 2.24) is 4.98 Å². The van der Waals surface area contributed by atoms with E-state index < -0.39 is 0 Å². The Balaban J connectivity index is 2.74. The normalized spacial score (nSPS) is 15.0. The summed E-state index contributed by atoms with van der Waals surface area (Å²) in [6.45, 7) is 3.64. The van der Waals surface area contributed by atoms with E-state index in [-0.39, 0.29) is 6.10 Å². The first kappa shape index (κ1) is 8.43. The fourth-order valence-electron chi connectivity index (χ4n) is 0.647. The molecule has 0 radical (unpaired) electrons. The molecule has 1 atom stereocenters. The van der Waals surface area contributed by atoms with Gasteiger partial charge >= 0.3 is 0 Å². The lowest BCUT2D eigenvalue weighted by Crippen LogP contribution is -2.00. The number of rotatable bonds is 2. The van der Waals surface area contributed by atoms with Crippen molar-refractivity contribution in [3.63, 3.8) is 0 Å². The molecule has 0 amide bonds. The van der Waals surface area contributed by atoms with Gasteiger partial charge in [-0.3, -0.25) is 0 Å². The highest BCUT2D eigenvalue weighted by atomic mass is 32.1. The second-order valence-corrected chi connectivity index (χ2v) is 3.20. The van der Waals surface area contributed by atoms with E-state index in [9.17, 15) is 0 Å². The average Bonchev–Trinajstić information content (AvgIpc) is 2.39. The van der Waals surface area contributed by atoms with E-state index in [1.54, 1.807) is 23.8 Å². The van der Waals surface area contributed by atoms with Crippen LogP contribution in [0.2, 0.25) is 0 Å². The summed E-state index contributed by atoms with van der Waals surface area (Å²) in [4.78, 5) is 4.07. The zero-order chi connectivity index (χ0) is 8.27. The molecule has 0 aliphatic heterocycles. The van der Waals surface area contributed by atoms with Gasteiger partial charge in [-0.1, -0.05) is 0 Å². The third-order valence-electron chi connectivity index (χ3n) is 1.49. The monoisotopic (exact) mass is 169 g/mol. The molecule has 0 aliphatic rings. The fraction of sp³-hybridized carbons (Fsp3) is 0.375. The largest absolute Gasteiger partial charge is 0.389 e. The Bertz CT molecular complexity index is 239. The Morgan fingerprint density at radius 3 is 3.00 bits per heavy atom. The van der Waals surface area contributed by atoms with Crippen molar-refractivity contribution in [3.05, 3.63) is 22.2 Å². The second-order valence-electron chi connectivity index (χ2n) is 2.48. The highest BCUT2D eigenvalue weighted by Gasteiger charge is 1.98. The van der Waals surface area contributed by atoms with Crippen molar-refractivity contribution in [2.24, 2.45) is 0 Å². The van der Waals surface area contributed by atoms with Crippen LogP contribution in [0.15, 0.2) is 16.5 Å². The van der Waals surface area contributed by atoms with E-state index >= 15 is 0 Å². The van der Waals surface area contributed by atoms with E-state index in [4.69, 9.17) is 5.11 Å². The van der Waals surface area contributed by atoms with Crippen molar-refractivity contribution >= 4 is 17.4 Å². The molecule has 11 heavy (non-hydrogen) atoms. The Labute approximate surface area is 70.2 Å². The predicted octanol–water partition coefficient (Wildman–Crippen LogP) is 1.93. The number of aliphatic hydroxyl groups excluding tert-OH is 1. The number of nitrogens with zero attached hydrogens (tertiary/aromatic N) is 1. The quantitative estimate of drug-likeness (QED) is 0.733. The van der Waals surface area contributed by atoms with Crippen LogP contribution in [0.25, 0.3) is 6.08 Å². The topological polar surface area (TPSA) is 33.1 Å². The molecule has 0 saturated carbocycles. The van der Waals surface area contributed by atoms with Crippen LogP contribution >= 0.6 is 11.3 Å². The zero-order valence-electron chi connectivity index (χ0n) is 6.61. The first-order chi connectivity index (χ1) is 5.20. The predicted molar refractivity (Wildman–Crippen MR) is 47.4 cm³/mol. The van der Waals surface area contributed by atoms with Crippen LogP contribution in [0.4, 0.5) is 0 Å². The van der Waals surface area contributed by atoms with E-state index in [1.807, 2.05) is 18.4 Å². The van der Waals surface area contributed by atoms with Crippen LogP contribution < -0.4 is 0 Å². The van der Waals surface area contributed by atoms with Crippen LogP contribution in [0, 0.1) is 0 Å². The molecule has 1 rings (SSSR count). The maximum Gasteiger partial charge on any atom is 0.0798 e. The minimum Gasteiger partial charge on any atom is -0.389 e. The number of aromatic nitrogens is 1. The molecule has 1 aromatic heterocycles. The maximum absolute atomic E-state index is 9.13. The fourth-order valence-corrected chi connectivity index (χ4v) is 1.16. The second kappa shape index (κ2) is 3.64. The number of thiazole rings is 1. The summed E-state index contributed by atoms with van der Waals surface area (Å²) in [5.41, 5.74) is 3.64. The van der Waals surface area contributed by atoms with Crippen LogP contribution in [-0.2, 0) is 0 Å². The smallest absolute Gasteiger partial charge is 0.0798 e. The van der Waals surface area contributed by atoms with Gasteiger partial charge in [0.05, 0.1) is 17.3 Å². The maximum atomic E-state index is 9.13. The van der Waals surface area contributed by atoms with Gasteiger partial charge in [0.25, 0.3) is 0 Å². The number of aliphatic hydroxyl groups is 1. The molecule has 0 spiro atoms. The summed E-state index contributed by atoms with van der Waals surface area (Å²) < 4.78 is 0. The van der Waals surface area contributed by atoms with Gasteiger partial charge in [0.1, 0.15) is 0 Å². The van der Waals surface area contributed by atoms with Gasteiger partial charge in [0, 0.05) is 5.38 Å². The summed E-state index contributed by atoms with van der Waals surface area (Å²) in [6, 6.07) is 0. The molecule has 0 aromatic carbocycles. The molecule has 1 heterocycles. The summed E-state index contributed by atoms with van der Waals surface area (Å²) >= 11 is 1.56. The van der Waals surface area contributed by atoms with Gasteiger partial charge < -0.3 is 5.11 Å². The first-order valence-electron chi connectivity index (χ1n) is 3.44. The SMILES string of the molecule is C/C(=C\c1cscn1)C(C)O. The van der Waals surface area contributed by atoms with Crippen LogP contribution in [0.5, 0.6) is 0 Å². The summed E-state index contributed by atoms with van der Waals surface area (Å²) in [5, 5.41) is 11.1. The molecule has 2 nitrogen and oxygen atoms in total. The Morgan fingerprint density at radius 2 is 2.55 bits per heavy atom. The van der Waals surface area contributed by atoms with Gasteiger partial charge in [-0.25, -0.2) is 4.98 Å². The van der Waals surface area contributed by atoms with Crippen molar-refractivity contribution in [3.8, 4) is 0 Å². The Hall–Kier alpha value is -0.670. The van der Waals surface area contributed by atoms with Crippen LogP contribution in [0.1, 0.15) is 19.5 Å². The lowest BCUT2D eigenvalue weighted by atomic mass is 10.2. The van der Waals surface area contributed by atoms with Crippen molar-refractivity contribution in [2.75, 3.05) is 0 Å². The standard InChI is InChI=1S/C8H11NOS/c1-6(7(2)10)3-8-4-11-5-9-8/h3-5,7,10H,1-2H3/b6-3+. The van der Waals surface area contributed by atoms with E-state index in [2.05, 4.69) is 4.98 Å². The van der Waals surface area contributed by atoms with Gasteiger partial charge in [-0.2, -0.15) is 0 Å². The van der Waals surface area contributed by atoms with E-state index in [0.717, 1.165) is 11.3 Å². The molecule has 0 saturated heterocycles. The summed E-state index contributed by atoms with van der Waals surface area (Å²) in [6.07, 6.45) is 1.51. The van der Waals surface area contributed by atoms with Gasteiger partial charge in [0.15, 0.2) is 0 Å². The molecule has 0 aliphatic carbocycles. The minimum absolute atomic E-state index is 0.378. The Morgan fingerprint density at radius 1 is 1.82 bits per heavy atom. The highest BCUT2D eigenvalue weighted by molar-refractivity contribution is 7.07. The third-order valence-corrected chi connectivity index (χ3v) is 2.09. The summed E-state index contributed by atoms with van der Waals surface area (Å²) in [7, 11) is 0. The molecule has 60 valence electrons. The Kier molecular flexibility index (Phi) is 2.79. The highest BCUT2D eigenvalue weighted by Crippen LogP contribution is 2.09. The lowest BCUT2D eigenvalue weighted by molar-refractivity contribution is 0.232. The van der Waals surface area contributed by atoms with Crippen LogP contribution in [0.3, 0.4) is 0 Å². The third kappa shape index (κ3) is 2.44. The molecule has 3 heteroatoms. The summed E-state index contributed by atoms with van der Waals surface area (Å²) in [5.74, 6) is 0. The lowest BCUT2D eigenvalue weighted by Gasteiger charge is -2.01. The molecule has 0 bridgehead atoms. The zero-order valence-corrected chi connectivity index (χ0v) is 7.43.